The highest BCUT2D eigenvalue weighted by Gasteiger charge is 2.31. The third-order valence-corrected chi connectivity index (χ3v) is 5.56. The van der Waals surface area contributed by atoms with Gasteiger partial charge < -0.3 is 9.84 Å². The van der Waals surface area contributed by atoms with Crippen molar-refractivity contribution in [3.8, 4) is 0 Å². The molecule has 0 heterocycles. The summed E-state index contributed by atoms with van der Waals surface area (Å²) in [5.41, 5.74) is -0.594. The van der Waals surface area contributed by atoms with E-state index in [0.717, 1.165) is 25.7 Å². The van der Waals surface area contributed by atoms with Crippen molar-refractivity contribution in [1.29, 1.82) is 0 Å². The number of aliphatic hydroxyl groups excluding tert-OH is 1. The highest BCUT2D eigenvalue weighted by Crippen LogP contribution is 2.35. The number of esters is 1. The maximum atomic E-state index is 12.4. The van der Waals surface area contributed by atoms with Gasteiger partial charge in [0.1, 0.15) is 5.60 Å². The van der Waals surface area contributed by atoms with E-state index in [-0.39, 0.29) is 36.6 Å². The molecule has 1 aliphatic rings. The fourth-order valence-corrected chi connectivity index (χ4v) is 3.98. The highest BCUT2D eigenvalue weighted by atomic mass is 16.6. The predicted molar refractivity (Wildman–Crippen MR) is 109 cm³/mol. The van der Waals surface area contributed by atoms with E-state index < -0.39 is 37.3 Å². The van der Waals surface area contributed by atoms with Crippen LogP contribution >= 0.6 is 0 Å². The highest BCUT2D eigenvalue weighted by molar-refractivity contribution is 5.70. The Hall–Kier alpha value is -0.570. The van der Waals surface area contributed by atoms with Crippen molar-refractivity contribution in [2.75, 3.05) is 0 Å². The second-order valence-electron chi connectivity index (χ2n) is 9.47. The number of hydrogen-bond acceptors (Lipinski definition) is 3. The lowest BCUT2D eigenvalue weighted by Gasteiger charge is -2.34. The van der Waals surface area contributed by atoms with Crippen LogP contribution in [0.15, 0.2) is 0 Å². The topological polar surface area (TPSA) is 46.5 Å². The van der Waals surface area contributed by atoms with Crippen LogP contribution in [0.3, 0.4) is 0 Å². The normalized spacial score (nSPS) is 25.7. The van der Waals surface area contributed by atoms with Gasteiger partial charge in [-0.05, 0) is 63.2 Å². The Labute approximate surface area is 169 Å². The van der Waals surface area contributed by atoms with Gasteiger partial charge in [-0.1, -0.05) is 59.7 Å². The Morgan fingerprint density at radius 3 is 2.42 bits per heavy atom. The third kappa shape index (κ3) is 8.88. The first-order valence-electron chi connectivity index (χ1n) is 13.0. The Kier molecular flexibility index (Phi) is 6.74. The van der Waals surface area contributed by atoms with E-state index in [9.17, 15) is 9.90 Å². The van der Waals surface area contributed by atoms with Gasteiger partial charge in [0.2, 0.25) is 0 Å². The zero-order valence-corrected chi connectivity index (χ0v) is 17.5. The fraction of sp³-hybridized carbons (Fsp3) is 0.957. The molecule has 0 spiro atoms. The molecule has 1 aliphatic carbocycles. The Bertz CT molecular complexity index is 552. The van der Waals surface area contributed by atoms with Crippen LogP contribution in [-0.4, -0.2) is 22.8 Å². The summed E-state index contributed by atoms with van der Waals surface area (Å²) in [6.45, 7) is 6.13. The van der Waals surface area contributed by atoms with E-state index in [0.29, 0.717) is 6.42 Å². The van der Waals surface area contributed by atoms with Gasteiger partial charge in [-0.2, -0.15) is 0 Å². The molecule has 0 aromatic heterocycles. The molecular weight excluding hydrogens is 324 g/mol. The van der Waals surface area contributed by atoms with Crippen LogP contribution in [0.5, 0.6) is 0 Å². The number of carbonyl (C=O) groups excluding carboxylic acids is 1. The van der Waals surface area contributed by atoms with Gasteiger partial charge in [0, 0.05) is 13.3 Å². The lowest BCUT2D eigenvalue weighted by Crippen LogP contribution is -2.33. The molecule has 1 unspecified atom stereocenters. The monoisotopic (exact) mass is 378 g/mol. The van der Waals surface area contributed by atoms with E-state index in [1.54, 1.807) is 0 Å². The second-order valence-corrected chi connectivity index (χ2v) is 9.47. The van der Waals surface area contributed by atoms with Crippen molar-refractivity contribution < 1.29 is 21.5 Å². The number of ether oxygens (including phenoxy) is 1. The molecule has 1 N–H and O–H groups in total. The molecule has 0 bridgehead atoms. The molecule has 0 aromatic carbocycles. The molecule has 1 fully saturated rings. The van der Waals surface area contributed by atoms with E-state index >= 15 is 0 Å². The van der Waals surface area contributed by atoms with Crippen LogP contribution in [0, 0.1) is 29.6 Å². The summed E-state index contributed by atoms with van der Waals surface area (Å²) in [6, 6.07) is 0. The molecule has 26 heavy (non-hydrogen) atoms. The molecule has 0 aliphatic heterocycles. The van der Waals surface area contributed by atoms with E-state index in [1.807, 2.05) is 34.6 Å². The summed E-state index contributed by atoms with van der Waals surface area (Å²) in [4.78, 5) is 12.4. The van der Waals surface area contributed by atoms with Crippen LogP contribution in [0.2, 0.25) is 0 Å². The first-order chi connectivity index (χ1) is 14.1. The van der Waals surface area contributed by atoms with E-state index in [2.05, 4.69) is 0 Å². The largest absolute Gasteiger partial charge is 0.460 e. The van der Waals surface area contributed by atoms with Crippen molar-refractivity contribution in [2.45, 2.75) is 111 Å². The minimum absolute atomic E-state index is 0.0846. The lowest BCUT2D eigenvalue weighted by atomic mass is 9.74. The molecule has 3 nitrogen and oxygen atoms in total. The summed E-state index contributed by atoms with van der Waals surface area (Å²) < 4.78 is 45.9. The molecule has 3 heteroatoms. The smallest absolute Gasteiger partial charge is 0.306 e. The molecule has 0 saturated heterocycles. The zero-order chi connectivity index (χ0) is 24.0. The summed E-state index contributed by atoms with van der Waals surface area (Å²) in [5, 5.41) is 11.2. The standard InChI is InChI=1S/C23H44O3/c1-16(2)19(15-22(25)26-23(5,6)7)14-21(24)20(17(3)4)13-18-11-9-8-10-12-18/h16-21,24H,8-15H2,1-7H3/t19-,20+,21+/m1/s1/i3T,4T3,17T/t17?,19-,20+,21+. The van der Waals surface area contributed by atoms with Crippen molar-refractivity contribution >= 4 is 5.97 Å². The SMILES string of the molecule is [3H]CC([3H])([C@H](CC1CCCCC1)[C@@H](O)C[C@H](CC(=O)OC(C)(C)C)C(C)C)C([3H])([3H])[3H]. The summed E-state index contributed by atoms with van der Waals surface area (Å²) in [7, 11) is 0. The number of carbonyl (C=O) groups is 1. The minimum Gasteiger partial charge on any atom is -0.460 e. The average molecular weight is 379 g/mol. The molecule has 154 valence electrons. The van der Waals surface area contributed by atoms with Crippen LogP contribution in [0.1, 0.15) is 107 Å². The average Bonchev–Trinajstić information content (AvgIpc) is 2.63. The lowest BCUT2D eigenvalue weighted by molar-refractivity contribution is -0.156. The Balaban J connectivity index is 3.07. The number of rotatable bonds is 9. The van der Waals surface area contributed by atoms with Gasteiger partial charge >= 0.3 is 5.97 Å². The molecule has 0 radical (unpaired) electrons. The second kappa shape index (κ2) is 10.7. The van der Waals surface area contributed by atoms with Crippen LogP contribution in [-0.2, 0) is 9.53 Å². The first kappa shape index (κ1) is 16.4. The van der Waals surface area contributed by atoms with Crippen molar-refractivity contribution in [1.82, 2.24) is 0 Å². The molecule has 1 saturated carbocycles. The Morgan fingerprint density at radius 1 is 1.27 bits per heavy atom. The van der Waals surface area contributed by atoms with Gasteiger partial charge in [0.25, 0.3) is 0 Å². The summed E-state index contributed by atoms with van der Waals surface area (Å²) in [5.74, 6) is -3.03. The number of aliphatic hydroxyl groups is 1. The molecule has 0 amide bonds. The van der Waals surface area contributed by atoms with Gasteiger partial charge in [-0.3, -0.25) is 4.79 Å². The molecule has 1 rings (SSSR count). The summed E-state index contributed by atoms with van der Waals surface area (Å²) >= 11 is 0. The van der Waals surface area contributed by atoms with Crippen molar-refractivity contribution in [3.63, 3.8) is 0 Å². The van der Waals surface area contributed by atoms with Crippen molar-refractivity contribution in [2.24, 2.45) is 29.6 Å². The van der Waals surface area contributed by atoms with Crippen molar-refractivity contribution in [3.05, 3.63) is 0 Å². The minimum atomic E-state index is -2.66. The van der Waals surface area contributed by atoms with E-state index in [1.165, 1.54) is 6.42 Å². The van der Waals surface area contributed by atoms with Gasteiger partial charge in [-0.15, -0.1) is 0 Å². The molecule has 4 atom stereocenters. The zero-order valence-electron chi connectivity index (χ0n) is 22.5. The van der Waals surface area contributed by atoms with Gasteiger partial charge in [-0.25, -0.2) is 0 Å². The maximum absolute atomic E-state index is 12.4. The van der Waals surface area contributed by atoms with Gasteiger partial charge in [0.15, 0.2) is 0 Å². The van der Waals surface area contributed by atoms with Gasteiger partial charge in [0.05, 0.1) is 6.10 Å². The van der Waals surface area contributed by atoms with Crippen LogP contribution in [0.4, 0.5) is 0 Å². The van der Waals surface area contributed by atoms with Crippen LogP contribution in [0.25, 0.3) is 0 Å². The number of hydrogen-bond donors (Lipinski definition) is 1. The predicted octanol–water partition coefficient (Wildman–Crippen LogP) is 5.98. The van der Waals surface area contributed by atoms with E-state index in [4.69, 9.17) is 11.6 Å². The fourth-order valence-electron chi connectivity index (χ4n) is 3.98. The third-order valence-electron chi connectivity index (χ3n) is 5.56. The molecule has 0 aromatic rings. The molecular formula is C23H44O3. The maximum Gasteiger partial charge on any atom is 0.306 e. The first-order valence-corrected chi connectivity index (χ1v) is 10.3. The van der Waals surface area contributed by atoms with Crippen LogP contribution < -0.4 is 0 Å². The quantitative estimate of drug-likeness (QED) is 0.502. The Morgan fingerprint density at radius 2 is 1.92 bits per heavy atom. The summed E-state index contributed by atoms with van der Waals surface area (Å²) in [6.07, 6.45) is 5.04.